The summed E-state index contributed by atoms with van der Waals surface area (Å²) in [4.78, 5) is 14.7. The van der Waals surface area contributed by atoms with E-state index in [0.717, 1.165) is 0 Å². The van der Waals surface area contributed by atoms with Gasteiger partial charge in [-0.15, -0.1) is 0 Å². The number of rotatable bonds is 1. The summed E-state index contributed by atoms with van der Waals surface area (Å²) < 4.78 is 0. The number of amides is 1. The Morgan fingerprint density at radius 2 is 2.14 bits per heavy atom. The van der Waals surface area contributed by atoms with Gasteiger partial charge < -0.3 is 5.32 Å². The van der Waals surface area contributed by atoms with Crippen LogP contribution in [-0.4, -0.2) is 17.9 Å². The highest BCUT2D eigenvalue weighted by Gasteiger charge is 2.02. The van der Waals surface area contributed by atoms with Crippen LogP contribution < -0.4 is 5.32 Å². The summed E-state index contributed by atoms with van der Waals surface area (Å²) >= 11 is 0. The van der Waals surface area contributed by atoms with E-state index < -0.39 is 0 Å². The summed E-state index contributed by atoms with van der Waals surface area (Å²) in [7, 11) is 1.53. The molecule has 0 fully saturated rings. The molecular formula is C10H13N3O. The quantitative estimate of drug-likeness (QED) is 0.728. The maximum absolute atomic E-state index is 11.0. The number of aromatic nitrogens is 1. The molecule has 0 aliphatic carbocycles. The van der Waals surface area contributed by atoms with Crippen molar-refractivity contribution in [1.29, 1.82) is 5.26 Å². The van der Waals surface area contributed by atoms with Crippen LogP contribution in [-0.2, 0) is 0 Å². The van der Waals surface area contributed by atoms with Crippen molar-refractivity contribution in [2.24, 2.45) is 0 Å². The molecule has 1 aromatic heterocycles. The fourth-order valence-electron chi connectivity index (χ4n) is 0.722. The van der Waals surface area contributed by atoms with Gasteiger partial charge in [-0.3, -0.25) is 4.79 Å². The number of pyridine rings is 1. The normalized spacial score (nSPS) is 7.86. The minimum Gasteiger partial charge on any atom is -0.354 e. The standard InChI is InChI=1S/C8H7N3O.C2H6/c1-10-8(12)7-3-2-6(4-9)5-11-7;1-2/h2-3,5H,1H3,(H,10,12);1-2H3. The highest BCUT2D eigenvalue weighted by Crippen LogP contribution is 1.97. The van der Waals surface area contributed by atoms with Crippen molar-refractivity contribution in [3.8, 4) is 6.07 Å². The van der Waals surface area contributed by atoms with E-state index in [2.05, 4.69) is 10.3 Å². The summed E-state index contributed by atoms with van der Waals surface area (Å²) in [5, 5.41) is 10.9. The molecule has 0 atom stereocenters. The van der Waals surface area contributed by atoms with Gasteiger partial charge in [0.05, 0.1) is 5.56 Å². The minimum absolute atomic E-state index is 0.250. The zero-order chi connectivity index (χ0) is 11.0. The molecule has 4 nitrogen and oxygen atoms in total. The van der Waals surface area contributed by atoms with E-state index in [4.69, 9.17) is 5.26 Å². The molecule has 4 heteroatoms. The Morgan fingerprint density at radius 1 is 1.50 bits per heavy atom. The molecule has 1 rings (SSSR count). The predicted molar refractivity (Wildman–Crippen MR) is 53.7 cm³/mol. The van der Waals surface area contributed by atoms with E-state index >= 15 is 0 Å². The van der Waals surface area contributed by atoms with Crippen LogP contribution in [0.3, 0.4) is 0 Å². The number of carbonyl (C=O) groups excluding carboxylic acids is 1. The second-order valence-corrected chi connectivity index (χ2v) is 2.12. The average molecular weight is 191 g/mol. The van der Waals surface area contributed by atoms with Crippen molar-refractivity contribution in [3.63, 3.8) is 0 Å². The fraction of sp³-hybridized carbons (Fsp3) is 0.300. The molecule has 0 unspecified atom stereocenters. The lowest BCUT2D eigenvalue weighted by Gasteiger charge is -1.96. The van der Waals surface area contributed by atoms with E-state index in [1.807, 2.05) is 19.9 Å². The number of hydrogen-bond donors (Lipinski definition) is 1. The van der Waals surface area contributed by atoms with Crippen LogP contribution in [0.1, 0.15) is 29.9 Å². The van der Waals surface area contributed by atoms with Crippen molar-refractivity contribution in [2.75, 3.05) is 7.05 Å². The first-order chi connectivity index (χ1) is 6.77. The molecule has 0 saturated heterocycles. The zero-order valence-electron chi connectivity index (χ0n) is 8.53. The van der Waals surface area contributed by atoms with Crippen molar-refractivity contribution >= 4 is 5.91 Å². The summed E-state index contributed by atoms with van der Waals surface area (Å²) in [6.07, 6.45) is 1.37. The minimum atomic E-state index is -0.250. The first-order valence-electron chi connectivity index (χ1n) is 4.36. The van der Waals surface area contributed by atoms with Crippen LogP contribution in [0, 0.1) is 11.3 Å². The van der Waals surface area contributed by atoms with Gasteiger partial charge in [0.1, 0.15) is 11.8 Å². The number of nitrogens with zero attached hydrogens (tertiary/aromatic N) is 2. The van der Waals surface area contributed by atoms with E-state index in [0.29, 0.717) is 11.3 Å². The molecule has 0 aromatic carbocycles. The first kappa shape index (κ1) is 12.1. The fourth-order valence-corrected chi connectivity index (χ4v) is 0.722. The lowest BCUT2D eigenvalue weighted by atomic mass is 10.2. The number of nitrogens with one attached hydrogen (secondary N) is 1. The monoisotopic (exact) mass is 191 g/mol. The number of carbonyl (C=O) groups is 1. The Bertz CT molecular complexity index is 324. The second-order valence-electron chi connectivity index (χ2n) is 2.12. The Labute approximate surface area is 83.6 Å². The first-order valence-corrected chi connectivity index (χ1v) is 4.36. The largest absolute Gasteiger partial charge is 0.354 e. The molecule has 74 valence electrons. The molecular weight excluding hydrogens is 178 g/mol. The third-order valence-corrected chi connectivity index (χ3v) is 1.35. The Morgan fingerprint density at radius 3 is 2.50 bits per heavy atom. The molecule has 1 heterocycles. The molecule has 0 bridgehead atoms. The summed E-state index contributed by atoms with van der Waals surface area (Å²) in [5.41, 5.74) is 0.763. The highest BCUT2D eigenvalue weighted by atomic mass is 16.1. The topological polar surface area (TPSA) is 65.8 Å². The van der Waals surface area contributed by atoms with Gasteiger partial charge in [-0.2, -0.15) is 5.26 Å². The maximum atomic E-state index is 11.0. The lowest BCUT2D eigenvalue weighted by molar-refractivity contribution is 0.0958. The van der Waals surface area contributed by atoms with Gasteiger partial charge in [-0.05, 0) is 12.1 Å². The van der Waals surface area contributed by atoms with E-state index in [1.165, 1.54) is 19.3 Å². The van der Waals surface area contributed by atoms with Crippen molar-refractivity contribution in [2.45, 2.75) is 13.8 Å². The van der Waals surface area contributed by atoms with Gasteiger partial charge in [-0.25, -0.2) is 4.98 Å². The number of nitriles is 1. The van der Waals surface area contributed by atoms with E-state index in [-0.39, 0.29) is 5.91 Å². The van der Waals surface area contributed by atoms with Crippen molar-refractivity contribution in [3.05, 3.63) is 29.6 Å². The van der Waals surface area contributed by atoms with Crippen molar-refractivity contribution in [1.82, 2.24) is 10.3 Å². The SMILES string of the molecule is CC.CNC(=O)c1ccc(C#N)cn1. The highest BCUT2D eigenvalue weighted by molar-refractivity contribution is 5.91. The van der Waals surface area contributed by atoms with Crippen LogP contribution in [0.25, 0.3) is 0 Å². The predicted octanol–water partition coefficient (Wildman–Crippen LogP) is 1.34. The Hall–Kier alpha value is -1.89. The maximum Gasteiger partial charge on any atom is 0.269 e. The third kappa shape index (κ3) is 3.23. The van der Waals surface area contributed by atoms with E-state index in [9.17, 15) is 4.79 Å². The molecule has 1 aromatic rings. The van der Waals surface area contributed by atoms with Gasteiger partial charge in [0.15, 0.2) is 0 Å². The number of hydrogen-bond acceptors (Lipinski definition) is 3. The van der Waals surface area contributed by atoms with Crippen LogP contribution in [0.5, 0.6) is 0 Å². The molecule has 1 N–H and O–H groups in total. The Kier molecular flexibility index (Phi) is 5.72. The van der Waals surface area contributed by atoms with Gasteiger partial charge in [-0.1, -0.05) is 13.8 Å². The van der Waals surface area contributed by atoms with Gasteiger partial charge in [0, 0.05) is 13.2 Å². The zero-order valence-corrected chi connectivity index (χ0v) is 8.53. The molecule has 0 aliphatic heterocycles. The summed E-state index contributed by atoms with van der Waals surface area (Å²) in [6.45, 7) is 4.00. The van der Waals surface area contributed by atoms with Crippen LogP contribution in [0.2, 0.25) is 0 Å². The van der Waals surface area contributed by atoms with Gasteiger partial charge in [0.25, 0.3) is 5.91 Å². The molecule has 14 heavy (non-hydrogen) atoms. The smallest absolute Gasteiger partial charge is 0.269 e. The second kappa shape index (κ2) is 6.61. The summed E-state index contributed by atoms with van der Waals surface area (Å²) in [6, 6.07) is 4.98. The van der Waals surface area contributed by atoms with Gasteiger partial charge in [0.2, 0.25) is 0 Å². The summed E-state index contributed by atoms with van der Waals surface area (Å²) in [5.74, 6) is -0.250. The third-order valence-electron chi connectivity index (χ3n) is 1.35. The van der Waals surface area contributed by atoms with Crippen LogP contribution in [0.4, 0.5) is 0 Å². The van der Waals surface area contributed by atoms with E-state index in [1.54, 1.807) is 6.07 Å². The molecule has 0 saturated carbocycles. The Balaban J connectivity index is 0.000000791. The lowest BCUT2D eigenvalue weighted by Crippen LogP contribution is -2.18. The van der Waals surface area contributed by atoms with Crippen LogP contribution in [0.15, 0.2) is 18.3 Å². The molecule has 0 aliphatic rings. The average Bonchev–Trinajstić information content (AvgIpc) is 2.31. The molecule has 0 radical (unpaired) electrons. The van der Waals surface area contributed by atoms with Gasteiger partial charge >= 0.3 is 0 Å². The van der Waals surface area contributed by atoms with Crippen molar-refractivity contribution < 1.29 is 4.79 Å². The molecule has 1 amide bonds. The van der Waals surface area contributed by atoms with Crippen LogP contribution >= 0.6 is 0 Å². The molecule has 0 spiro atoms.